The monoisotopic (exact) mass is 290 g/mol. The number of nitrogens with zero attached hydrogens (tertiary/aromatic N) is 1. The molecule has 1 unspecified atom stereocenters. The lowest BCUT2D eigenvalue weighted by Crippen LogP contribution is -2.31. The summed E-state index contributed by atoms with van der Waals surface area (Å²) in [6.07, 6.45) is 0.759. The van der Waals surface area contributed by atoms with Gasteiger partial charge in [-0.15, -0.1) is 0 Å². The maximum atomic E-state index is 11.8. The lowest BCUT2D eigenvalue weighted by molar-refractivity contribution is -0.384. The Bertz CT molecular complexity index is 491. The average molecular weight is 291 g/mol. The van der Waals surface area contributed by atoms with E-state index in [0.717, 1.165) is 12.5 Å². The molecule has 1 aromatic carbocycles. The van der Waals surface area contributed by atoms with Gasteiger partial charge in [-0.3, -0.25) is 14.9 Å². The molecule has 1 amide bonds. The molecule has 0 radical (unpaired) electrons. The first-order valence-electron chi connectivity index (χ1n) is 5.31. The first kappa shape index (κ1) is 14.7. The summed E-state index contributed by atoms with van der Waals surface area (Å²) in [6.45, 7) is 3.76. The maximum Gasteiger partial charge on any atom is 0.290 e. The first-order chi connectivity index (χ1) is 8.36. The van der Waals surface area contributed by atoms with Crippen LogP contribution in [-0.4, -0.2) is 16.9 Å². The average Bonchev–Trinajstić information content (AvgIpc) is 2.31. The van der Waals surface area contributed by atoms with Crippen molar-refractivity contribution < 1.29 is 9.72 Å². The standard InChI is InChI=1S/C11H12Cl2N2O3/c1-3-6(2)14-11(16)7-4-8(12)10(13)9(5-7)15(17)18/h4-6H,3H2,1-2H3,(H,14,16). The molecule has 0 aliphatic carbocycles. The molecule has 1 atom stereocenters. The van der Waals surface area contributed by atoms with Gasteiger partial charge in [-0.25, -0.2) is 0 Å². The van der Waals surface area contributed by atoms with Crippen LogP contribution < -0.4 is 5.32 Å². The number of carbonyl (C=O) groups excluding carboxylic acids is 1. The second-order valence-electron chi connectivity index (χ2n) is 3.83. The van der Waals surface area contributed by atoms with Crippen molar-refractivity contribution in [3.63, 3.8) is 0 Å². The largest absolute Gasteiger partial charge is 0.350 e. The minimum atomic E-state index is -0.672. The third-order valence-electron chi connectivity index (χ3n) is 2.46. The minimum Gasteiger partial charge on any atom is -0.350 e. The Morgan fingerprint density at radius 2 is 2.11 bits per heavy atom. The number of rotatable bonds is 4. The summed E-state index contributed by atoms with van der Waals surface area (Å²) in [5.74, 6) is -0.411. The van der Waals surface area contributed by atoms with Gasteiger partial charge in [0, 0.05) is 17.7 Å². The van der Waals surface area contributed by atoms with E-state index >= 15 is 0 Å². The van der Waals surface area contributed by atoms with Crippen LogP contribution in [0.2, 0.25) is 10.0 Å². The summed E-state index contributed by atoms with van der Waals surface area (Å²) in [5.41, 5.74) is -0.255. The van der Waals surface area contributed by atoms with E-state index in [0.29, 0.717) is 0 Å². The van der Waals surface area contributed by atoms with Gasteiger partial charge in [-0.05, 0) is 19.4 Å². The summed E-state index contributed by atoms with van der Waals surface area (Å²) in [6, 6.07) is 2.41. The SMILES string of the molecule is CCC(C)NC(=O)c1cc(Cl)c(Cl)c([N+](=O)[O-])c1. The van der Waals surface area contributed by atoms with E-state index in [-0.39, 0.29) is 27.3 Å². The summed E-state index contributed by atoms with van der Waals surface area (Å²) < 4.78 is 0. The molecule has 0 saturated carbocycles. The second-order valence-corrected chi connectivity index (χ2v) is 4.62. The van der Waals surface area contributed by atoms with Gasteiger partial charge in [0.15, 0.2) is 0 Å². The smallest absolute Gasteiger partial charge is 0.290 e. The van der Waals surface area contributed by atoms with Crippen molar-refractivity contribution in [3.8, 4) is 0 Å². The van der Waals surface area contributed by atoms with Gasteiger partial charge in [-0.2, -0.15) is 0 Å². The summed E-state index contributed by atoms with van der Waals surface area (Å²) >= 11 is 11.5. The summed E-state index contributed by atoms with van der Waals surface area (Å²) in [7, 11) is 0. The molecule has 0 fully saturated rings. The van der Waals surface area contributed by atoms with Crippen LogP contribution in [0, 0.1) is 10.1 Å². The van der Waals surface area contributed by atoms with Crippen molar-refractivity contribution in [3.05, 3.63) is 37.9 Å². The van der Waals surface area contributed by atoms with E-state index in [9.17, 15) is 14.9 Å². The number of hydrogen-bond donors (Lipinski definition) is 1. The highest BCUT2D eigenvalue weighted by molar-refractivity contribution is 6.43. The van der Waals surface area contributed by atoms with Crippen LogP contribution in [0.15, 0.2) is 12.1 Å². The van der Waals surface area contributed by atoms with Crippen molar-refractivity contribution in [1.82, 2.24) is 5.32 Å². The van der Waals surface area contributed by atoms with Gasteiger partial charge in [0.05, 0.1) is 9.95 Å². The van der Waals surface area contributed by atoms with Crippen molar-refractivity contribution in [1.29, 1.82) is 0 Å². The van der Waals surface area contributed by atoms with E-state index < -0.39 is 10.8 Å². The predicted molar refractivity (Wildman–Crippen MR) is 70.3 cm³/mol. The molecule has 1 aromatic rings. The number of benzene rings is 1. The lowest BCUT2D eigenvalue weighted by atomic mass is 10.1. The number of nitrogens with one attached hydrogen (secondary N) is 1. The van der Waals surface area contributed by atoms with Gasteiger partial charge >= 0.3 is 0 Å². The van der Waals surface area contributed by atoms with Crippen LogP contribution in [0.3, 0.4) is 0 Å². The highest BCUT2D eigenvalue weighted by Gasteiger charge is 2.20. The topological polar surface area (TPSA) is 72.2 Å². The fourth-order valence-electron chi connectivity index (χ4n) is 1.25. The van der Waals surface area contributed by atoms with Gasteiger partial charge in [-0.1, -0.05) is 30.1 Å². The van der Waals surface area contributed by atoms with Gasteiger partial charge in [0.25, 0.3) is 11.6 Å². The van der Waals surface area contributed by atoms with E-state index in [2.05, 4.69) is 5.32 Å². The number of amides is 1. The number of halogens is 2. The third-order valence-corrected chi connectivity index (χ3v) is 3.25. The molecule has 0 spiro atoms. The molecule has 98 valence electrons. The third kappa shape index (κ3) is 3.34. The van der Waals surface area contributed by atoms with E-state index in [4.69, 9.17) is 23.2 Å². The molecule has 0 aliphatic heterocycles. The normalized spacial score (nSPS) is 12.0. The van der Waals surface area contributed by atoms with Gasteiger partial charge in [0.2, 0.25) is 0 Å². The molecule has 0 heterocycles. The van der Waals surface area contributed by atoms with E-state index in [1.165, 1.54) is 6.07 Å². The number of hydrogen-bond acceptors (Lipinski definition) is 3. The van der Waals surface area contributed by atoms with E-state index in [1.807, 2.05) is 13.8 Å². The molecule has 1 rings (SSSR count). The highest BCUT2D eigenvalue weighted by atomic mass is 35.5. The molecule has 1 N–H and O–H groups in total. The van der Waals surface area contributed by atoms with Crippen molar-refractivity contribution in [2.75, 3.05) is 0 Å². The van der Waals surface area contributed by atoms with Crippen LogP contribution in [0.25, 0.3) is 0 Å². The molecular weight excluding hydrogens is 279 g/mol. The zero-order valence-electron chi connectivity index (χ0n) is 9.87. The predicted octanol–water partition coefficient (Wildman–Crippen LogP) is 3.43. The first-order valence-corrected chi connectivity index (χ1v) is 6.06. The Morgan fingerprint density at radius 1 is 1.50 bits per heavy atom. The molecule has 7 heteroatoms. The minimum absolute atomic E-state index is 0.0137. The van der Waals surface area contributed by atoms with E-state index in [1.54, 1.807) is 0 Å². The number of nitro benzene ring substituents is 1. The molecule has 0 bridgehead atoms. The Kier molecular flexibility index (Phi) is 4.93. The molecule has 0 aromatic heterocycles. The molecule has 0 aliphatic rings. The zero-order valence-corrected chi connectivity index (χ0v) is 11.4. The molecule has 18 heavy (non-hydrogen) atoms. The van der Waals surface area contributed by atoms with Crippen LogP contribution in [0.5, 0.6) is 0 Å². The number of nitro groups is 1. The highest BCUT2D eigenvalue weighted by Crippen LogP contribution is 2.33. The van der Waals surface area contributed by atoms with Gasteiger partial charge in [0.1, 0.15) is 5.02 Å². The van der Waals surface area contributed by atoms with Crippen LogP contribution in [0.4, 0.5) is 5.69 Å². The van der Waals surface area contributed by atoms with Crippen LogP contribution in [-0.2, 0) is 0 Å². The fraction of sp³-hybridized carbons (Fsp3) is 0.364. The van der Waals surface area contributed by atoms with Crippen molar-refractivity contribution in [2.45, 2.75) is 26.3 Å². The molecule has 0 saturated heterocycles. The van der Waals surface area contributed by atoms with Crippen LogP contribution in [0.1, 0.15) is 30.6 Å². The Hall–Kier alpha value is -1.33. The van der Waals surface area contributed by atoms with Crippen molar-refractivity contribution >= 4 is 34.8 Å². The fourth-order valence-corrected chi connectivity index (χ4v) is 1.64. The molecule has 5 nitrogen and oxygen atoms in total. The zero-order chi connectivity index (χ0) is 13.9. The quantitative estimate of drug-likeness (QED) is 0.682. The second kappa shape index (κ2) is 6.02. The Morgan fingerprint density at radius 3 is 2.61 bits per heavy atom. The van der Waals surface area contributed by atoms with Crippen LogP contribution >= 0.6 is 23.2 Å². The number of carbonyl (C=O) groups is 1. The van der Waals surface area contributed by atoms with Crippen molar-refractivity contribution in [2.24, 2.45) is 0 Å². The Balaban J connectivity index is 3.11. The molecular formula is C11H12Cl2N2O3. The summed E-state index contributed by atoms with van der Waals surface area (Å²) in [4.78, 5) is 21.9. The summed E-state index contributed by atoms with van der Waals surface area (Å²) in [5, 5.41) is 13.3. The van der Waals surface area contributed by atoms with Gasteiger partial charge < -0.3 is 5.32 Å². The lowest BCUT2D eigenvalue weighted by Gasteiger charge is -2.11. The Labute approximate surface area is 114 Å². The maximum absolute atomic E-state index is 11.8.